The van der Waals surface area contributed by atoms with Gasteiger partial charge in [0.15, 0.2) is 11.0 Å². The van der Waals surface area contributed by atoms with E-state index in [4.69, 9.17) is 4.52 Å². The summed E-state index contributed by atoms with van der Waals surface area (Å²) in [6.45, 7) is 3.16. The van der Waals surface area contributed by atoms with Crippen LogP contribution in [0, 0.1) is 6.92 Å². The Morgan fingerprint density at radius 1 is 1.53 bits per heavy atom. The predicted octanol–water partition coefficient (Wildman–Crippen LogP) is 1.46. The molecule has 2 aromatic heterocycles. The number of aryl methyl sites for hydroxylation is 1. The smallest absolute Gasteiger partial charge is 0.277 e. The van der Waals surface area contributed by atoms with Crippen LogP contribution in [-0.4, -0.2) is 21.0 Å². The van der Waals surface area contributed by atoms with Gasteiger partial charge in [0.25, 0.3) is 5.89 Å². The normalized spacial score (nSPS) is 10.3. The average Bonchev–Trinajstić information content (AvgIpc) is 2.72. The van der Waals surface area contributed by atoms with E-state index in [9.17, 15) is 4.79 Å². The lowest BCUT2D eigenvalue weighted by molar-refractivity contribution is -0.114. The zero-order valence-corrected chi connectivity index (χ0v) is 8.96. The zero-order chi connectivity index (χ0) is 10.8. The molecule has 2 rings (SSSR count). The molecule has 0 radical (unpaired) electrons. The van der Waals surface area contributed by atoms with Gasteiger partial charge in [0, 0.05) is 12.3 Å². The highest BCUT2D eigenvalue weighted by atomic mass is 32.1. The molecule has 0 aliphatic heterocycles. The van der Waals surface area contributed by atoms with Gasteiger partial charge in [0.1, 0.15) is 5.69 Å². The number of nitrogens with zero attached hydrogens (tertiary/aromatic N) is 3. The standard InChI is InChI=1S/C8H8N4O2S/c1-4-9-7(14-12-4)6-3-15-8(11-6)10-5(2)13/h3H,1-2H3,(H,10,11,13). The van der Waals surface area contributed by atoms with Crippen molar-refractivity contribution in [1.82, 2.24) is 15.1 Å². The first-order valence-electron chi connectivity index (χ1n) is 4.19. The molecule has 0 unspecified atom stereocenters. The molecule has 0 spiro atoms. The molecule has 15 heavy (non-hydrogen) atoms. The van der Waals surface area contributed by atoms with E-state index in [0.29, 0.717) is 22.5 Å². The van der Waals surface area contributed by atoms with Gasteiger partial charge >= 0.3 is 0 Å². The zero-order valence-electron chi connectivity index (χ0n) is 8.14. The Morgan fingerprint density at radius 3 is 2.93 bits per heavy atom. The molecule has 0 fully saturated rings. The Morgan fingerprint density at radius 2 is 2.33 bits per heavy atom. The number of carbonyl (C=O) groups excluding carboxylic acids is 1. The second kappa shape index (κ2) is 3.77. The number of rotatable bonds is 2. The molecule has 2 aromatic rings. The number of nitrogens with one attached hydrogen (secondary N) is 1. The highest BCUT2D eigenvalue weighted by Crippen LogP contribution is 2.23. The Labute approximate surface area is 89.3 Å². The lowest BCUT2D eigenvalue weighted by Gasteiger charge is -1.92. The lowest BCUT2D eigenvalue weighted by Crippen LogP contribution is -2.04. The number of aromatic nitrogens is 3. The van der Waals surface area contributed by atoms with Crippen LogP contribution >= 0.6 is 11.3 Å². The van der Waals surface area contributed by atoms with Gasteiger partial charge in [-0.25, -0.2) is 4.98 Å². The van der Waals surface area contributed by atoms with Crippen molar-refractivity contribution in [2.75, 3.05) is 5.32 Å². The van der Waals surface area contributed by atoms with E-state index in [1.807, 2.05) is 0 Å². The van der Waals surface area contributed by atoms with E-state index >= 15 is 0 Å². The van der Waals surface area contributed by atoms with Crippen LogP contribution in [0.1, 0.15) is 12.7 Å². The van der Waals surface area contributed by atoms with Gasteiger partial charge < -0.3 is 9.84 Å². The summed E-state index contributed by atoms with van der Waals surface area (Å²) in [4.78, 5) is 18.9. The molecule has 1 amide bonds. The third-order valence-electron chi connectivity index (χ3n) is 1.53. The third kappa shape index (κ3) is 2.18. The molecule has 0 aromatic carbocycles. The molecule has 0 bridgehead atoms. The molecule has 78 valence electrons. The maximum atomic E-state index is 10.8. The maximum Gasteiger partial charge on any atom is 0.277 e. The SMILES string of the molecule is CC(=O)Nc1nc(-c2nc(C)no2)cs1. The number of amides is 1. The van der Waals surface area contributed by atoms with Gasteiger partial charge in [-0.3, -0.25) is 4.79 Å². The Balaban J connectivity index is 2.23. The fourth-order valence-corrected chi connectivity index (χ4v) is 1.71. The van der Waals surface area contributed by atoms with Crippen LogP contribution in [-0.2, 0) is 4.79 Å². The van der Waals surface area contributed by atoms with Crippen molar-refractivity contribution >= 4 is 22.4 Å². The van der Waals surface area contributed by atoms with Gasteiger partial charge in [-0.1, -0.05) is 5.16 Å². The quantitative estimate of drug-likeness (QED) is 0.835. The monoisotopic (exact) mass is 224 g/mol. The minimum absolute atomic E-state index is 0.155. The van der Waals surface area contributed by atoms with E-state index < -0.39 is 0 Å². The topological polar surface area (TPSA) is 80.9 Å². The molecule has 2 heterocycles. The van der Waals surface area contributed by atoms with E-state index in [0.717, 1.165) is 0 Å². The third-order valence-corrected chi connectivity index (χ3v) is 2.29. The largest absolute Gasteiger partial charge is 0.332 e. The van der Waals surface area contributed by atoms with Crippen molar-refractivity contribution in [2.45, 2.75) is 13.8 Å². The summed E-state index contributed by atoms with van der Waals surface area (Å²) in [5.41, 5.74) is 0.573. The summed E-state index contributed by atoms with van der Waals surface area (Å²) < 4.78 is 4.94. The van der Waals surface area contributed by atoms with Crippen molar-refractivity contribution in [1.29, 1.82) is 0 Å². The molecule has 6 nitrogen and oxygen atoms in total. The fourth-order valence-electron chi connectivity index (χ4n) is 0.981. The van der Waals surface area contributed by atoms with Crippen molar-refractivity contribution < 1.29 is 9.32 Å². The first kappa shape index (κ1) is 9.78. The van der Waals surface area contributed by atoms with Gasteiger partial charge in [-0.15, -0.1) is 11.3 Å². The minimum Gasteiger partial charge on any atom is -0.332 e. The average molecular weight is 224 g/mol. The highest BCUT2D eigenvalue weighted by molar-refractivity contribution is 7.14. The van der Waals surface area contributed by atoms with Gasteiger partial charge in [0.05, 0.1) is 0 Å². The molecule has 0 saturated carbocycles. The summed E-state index contributed by atoms with van der Waals surface area (Å²) in [6.07, 6.45) is 0. The molecule has 7 heteroatoms. The first-order valence-corrected chi connectivity index (χ1v) is 5.07. The molecule has 0 aliphatic rings. The molecule has 0 atom stereocenters. The van der Waals surface area contributed by atoms with Gasteiger partial charge in [-0.2, -0.15) is 4.98 Å². The van der Waals surface area contributed by atoms with Crippen molar-refractivity contribution in [3.63, 3.8) is 0 Å². The Bertz CT molecular complexity index is 490. The van der Waals surface area contributed by atoms with Crippen molar-refractivity contribution in [3.05, 3.63) is 11.2 Å². The molecular formula is C8H8N4O2S. The first-order chi connectivity index (χ1) is 7.15. The molecule has 1 N–H and O–H groups in total. The summed E-state index contributed by atoms with van der Waals surface area (Å²) in [5, 5.41) is 8.50. The molecule has 0 aliphatic carbocycles. The Kier molecular flexibility index (Phi) is 2.46. The second-order valence-electron chi connectivity index (χ2n) is 2.87. The van der Waals surface area contributed by atoms with Crippen LogP contribution in [0.4, 0.5) is 5.13 Å². The number of anilines is 1. The fraction of sp³-hybridized carbons (Fsp3) is 0.250. The van der Waals surface area contributed by atoms with Crippen LogP contribution in [0.25, 0.3) is 11.6 Å². The van der Waals surface area contributed by atoms with Crippen LogP contribution in [0.5, 0.6) is 0 Å². The van der Waals surface area contributed by atoms with Crippen molar-refractivity contribution in [3.8, 4) is 11.6 Å². The van der Waals surface area contributed by atoms with E-state index in [1.54, 1.807) is 12.3 Å². The number of carbonyl (C=O) groups is 1. The summed E-state index contributed by atoms with van der Waals surface area (Å²) in [7, 11) is 0. The van der Waals surface area contributed by atoms with Gasteiger partial charge in [0.2, 0.25) is 5.91 Å². The van der Waals surface area contributed by atoms with Crippen LogP contribution in [0.2, 0.25) is 0 Å². The number of thiazole rings is 1. The summed E-state index contributed by atoms with van der Waals surface area (Å²) in [5.74, 6) is 0.761. The Hall–Kier alpha value is -1.76. The second-order valence-corrected chi connectivity index (χ2v) is 3.72. The van der Waals surface area contributed by atoms with E-state index in [-0.39, 0.29) is 5.91 Å². The number of hydrogen-bond donors (Lipinski definition) is 1. The lowest BCUT2D eigenvalue weighted by atomic mass is 10.5. The summed E-state index contributed by atoms with van der Waals surface area (Å²) in [6, 6.07) is 0. The van der Waals surface area contributed by atoms with Crippen LogP contribution in [0.15, 0.2) is 9.90 Å². The number of hydrogen-bond acceptors (Lipinski definition) is 6. The molecular weight excluding hydrogens is 216 g/mol. The van der Waals surface area contributed by atoms with E-state index in [1.165, 1.54) is 18.3 Å². The molecule has 0 saturated heterocycles. The van der Waals surface area contributed by atoms with E-state index in [2.05, 4.69) is 20.4 Å². The van der Waals surface area contributed by atoms with Crippen LogP contribution in [0.3, 0.4) is 0 Å². The highest BCUT2D eigenvalue weighted by Gasteiger charge is 2.11. The van der Waals surface area contributed by atoms with Gasteiger partial charge in [-0.05, 0) is 6.92 Å². The maximum absolute atomic E-state index is 10.8. The minimum atomic E-state index is -0.155. The van der Waals surface area contributed by atoms with Crippen LogP contribution < -0.4 is 5.32 Å². The van der Waals surface area contributed by atoms with Crippen molar-refractivity contribution in [2.24, 2.45) is 0 Å². The summed E-state index contributed by atoms with van der Waals surface area (Å²) >= 11 is 1.31. The predicted molar refractivity (Wildman–Crippen MR) is 54.4 cm³/mol.